The summed E-state index contributed by atoms with van der Waals surface area (Å²) in [5.74, 6) is 0.624. The van der Waals surface area contributed by atoms with E-state index in [4.69, 9.17) is 4.74 Å². The van der Waals surface area contributed by atoms with E-state index in [0.29, 0.717) is 12.3 Å². The van der Waals surface area contributed by atoms with Crippen LogP contribution in [0.1, 0.15) is 6.42 Å². The third kappa shape index (κ3) is 3.04. The maximum absolute atomic E-state index is 10.5. The lowest BCUT2D eigenvalue weighted by atomic mass is 10.3. The van der Waals surface area contributed by atoms with Crippen LogP contribution >= 0.6 is 0 Å². The summed E-state index contributed by atoms with van der Waals surface area (Å²) >= 11 is 0. The molecular weight excluding hydrogens is 236 g/mol. The van der Waals surface area contributed by atoms with Crippen LogP contribution in [0.3, 0.4) is 0 Å². The summed E-state index contributed by atoms with van der Waals surface area (Å²) in [7, 11) is 0. The Balaban J connectivity index is 1.90. The van der Waals surface area contributed by atoms with Gasteiger partial charge in [0.15, 0.2) is 0 Å². The molecule has 0 aromatic heterocycles. The molecule has 6 heteroatoms. The summed E-state index contributed by atoms with van der Waals surface area (Å²) < 4.78 is 5.71. The number of nitrogens with zero attached hydrogens (tertiary/aromatic N) is 2. The third-order valence-electron chi connectivity index (χ3n) is 2.91. The molecule has 6 nitrogen and oxygen atoms in total. The molecule has 1 aliphatic rings. The Morgan fingerprint density at radius 1 is 1.44 bits per heavy atom. The van der Waals surface area contributed by atoms with Gasteiger partial charge in [0.2, 0.25) is 0 Å². The zero-order valence-electron chi connectivity index (χ0n) is 9.82. The molecule has 96 valence electrons. The fourth-order valence-corrected chi connectivity index (χ4v) is 2.00. The minimum Gasteiger partial charge on any atom is -0.489 e. The van der Waals surface area contributed by atoms with Gasteiger partial charge in [0.05, 0.1) is 11.5 Å². The molecule has 18 heavy (non-hydrogen) atoms. The van der Waals surface area contributed by atoms with E-state index in [-0.39, 0.29) is 11.8 Å². The lowest BCUT2D eigenvalue weighted by molar-refractivity contribution is -0.384. The zero-order valence-corrected chi connectivity index (χ0v) is 9.82. The number of nitro benzene ring substituents is 1. The average molecular weight is 250 g/mol. The first kappa shape index (κ1) is 12.5. The summed E-state index contributed by atoms with van der Waals surface area (Å²) in [6.07, 6.45) is 1.80. The molecule has 1 atom stereocenters. The van der Waals surface area contributed by atoms with Gasteiger partial charge in [-0.3, -0.25) is 15.0 Å². The first-order chi connectivity index (χ1) is 8.69. The van der Waals surface area contributed by atoms with Crippen molar-refractivity contribution >= 4 is 12.0 Å². The Labute approximate surface area is 104 Å². The normalized spacial score (nSPS) is 19.7. The molecule has 2 rings (SSSR count). The van der Waals surface area contributed by atoms with E-state index < -0.39 is 4.92 Å². The van der Waals surface area contributed by atoms with E-state index in [0.717, 1.165) is 25.8 Å². The summed E-state index contributed by atoms with van der Waals surface area (Å²) in [5, 5.41) is 10.5. The van der Waals surface area contributed by atoms with Gasteiger partial charge in [-0.2, -0.15) is 0 Å². The molecule has 1 heterocycles. The van der Waals surface area contributed by atoms with Crippen LogP contribution in [0.15, 0.2) is 24.3 Å². The highest BCUT2D eigenvalue weighted by Gasteiger charge is 2.23. The predicted molar refractivity (Wildman–Crippen MR) is 64.6 cm³/mol. The SMILES string of the molecule is O=CCN1CCC(Oc2ccc([N+](=O)[O-])cc2)C1. The van der Waals surface area contributed by atoms with Crippen LogP contribution in [0.2, 0.25) is 0 Å². The van der Waals surface area contributed by atoms with Gasteiger partial charge >= 0.3 is 0 Å². The van der Waals surface area contributed by atoms with E-state index in [9.17, 15) is 14.9 Å². The summed E-state index contributed by atoms with van der Waals surface area (Å²) in [6.45, 7) is 1.99. The molecule has 1 aromatic rings. The molecule has 1 aliphatic heterocycles. The Kier molecular flexibility index (Phi) is 3.88. The monoisotopic (exact) mass is 250 g/mol. The molecule has 0 radical (unpaired) electrons. The van der Waals surface area contributed by atoms with Gasteiger partial charge in [0.25, 0.3) is 5.69 Å². The number of benzene rings is 1. The number of aldehydes is 1. The highest BCUT2D eigenvalue weighted by molar-refractivity contribution is 5.52. The number of ether oxygens (including phenoxy) is 1. The smallest absolute Gasteiger partial charge is 0.269 e. The first-order valence-corrected chi connectivity index (χ1v) is 5.76. The second-order valence-corrected chi connectivity index (χ2v) is 4.21. The minimum atomic E-state index is -0.439. The van der Waals surface area contributed by atoms with Crippen molar-refractivity contribution in [2.24, 2.45) is 0 Å². The molecule has 0 spiro atoms. The van der Waals surface area contributed by atoms with Crippen molar-refractivity contribution < 1.29 is 14.5 Å². The van der Waals surface area contributed by atoms with Crippen LogP contribution in [0.5, 0.6) is 5.75 Å². The van der Waals surface area contributed by atoms with Crippen molar-refractivity contribution in [3.63, 3.8) is 0 Å². The highest BCUT2D eigenvalue weighted by atomic mass is 16.6. The summed E-state index contributed by atoms with van der Waals surface area (Å²) in [4.78, 5) is 22.5. The van der Waals surface area contributed by atoms with Crippen LogP contribution in [0.4, 0.5) is 5.69 Å². The van der Waals surface area contributed by atoms with E-state index in [1.165, 1.54) is 12.1 Å². The van der Waals surface area contributed by atoms with Gasteiger partial charge in [-0.05, 0) is 18.6 Å². The predicted octanol–water partition coefficient (Wildman–Crippen LogP) is 1.25. The topological polar surface area (TPSA) is 72.7 Å². The van der Waals surface area contributed by atoms with Crippen molar-refractivity contribution in [2.45, 2.75) is 12.5 Å². The van der Waals surface area contributed by atoms with Gasteiger partial charge in [-0.25, -0.2) is 0 Å². The first-order valence-electron chi connectivity index (χ1n) is 5.76. The average Bonchev–Trinajstić information content (AvgIpc) is 2.78. The van der Waals surface area contributed by atoms with Crippen molar-refractivity contribution in [2.75, 3.05) is 19.6 Å². The second-order valence-electron chi connectivity index (χ2n) is 4.21. The van der Waals surface area contributed by atoms with Crippen LogP contribution in [0.25, 0.3) is 0 Å². The maximum Gasteiger partial charge on any atom is 0.269 e. The van der Waals surface area contributed by atoms with Crippen LogP contribution in [-0.4, -0.2) is 41.8 Å². The van der Waals surface area contributed by atoms with E-state index >= 15 is 0 Å². The van der Waals surface area contributed by atoms with E-state index in [2.05, 4.69) is 0 Å². The number of non-ortho nitro benzene ring substituents is 1. The third-order valence-corrected chi connectivity index (χ3v) is 2.91. The second kappa shape index (κ2) is 5.59. The van der Waals surface area contributed by atoms with Crippen molar-refractivity contribution in [1.29, 1.82) is 0 Å². The Bertz CT molecular complexity index is 432. The number of nitro groups is 1. The van der Waals surface area contributed by atoms with Gasteiger partial charge < -0.3 is 9.53 Å². The maximum atomic E-state index is 10.5. The molecule has 0 aliphatic carbocycles. The lowest BCUT2D eigenvalue weighted by Crippen LogP contribution is -2.26. The molecule has 0 N–H and O–H groups in total. The van der Waals surface area contributed by atoms with Crippen molar-refractivity contribution in [1.82, 2.24) is 4.90 Å². The van der Waals surface area contributed by atoms with Gasteiger partial charge in [-0.15, -0.1) is 0 Å². The highest BCUT2D eigenvalue weighted by Crippen LogP contribution is 2.21. The molecule has 0 saturated carbocycles. The fraction of sp³-hybridized carbons (Fsp3) is 0.417. The van der Waals surface area contributed by atoms with Crippen molar-refractivity contribution in [3.05, 3.63) is 34.4 Å². The molecule has 1 saturated heterocycles. The van der Waals surface area contributed by atoms with Gasteiger partial charge in [-0.1, -0.05) is 0 Å². The lowest BCUT2D eigenvalue weighted by Gasteiger charge is -2.14. The Hall–Kier alpha value is -1.95. The molecule has 1 fully saturated rings. The van der Waals surface area contributed by atoms with E-state index in [1.807, 2.05) is 4.90 Å². The largest absolute Gasteiger partial charge is 0.489 e. The van der Waals surface area contributed by atoms with Crippen molar-refractivity contribution in [3.8, 4) is 5.75 Å². The Morgan fingerprint density at radius 3 is 2.78 bits per heavy atom. The van der Waals surface area contributed by atoms with Gasteiger partial charge in [0, 0.05) is 25.2 Å². The molecule has 1 aromatic carbocycles. The molecule has 0 amide bonds. The van der Waals surface area contributed by atoms with Crippen LogP contribution < -0.4 is 4.74 Å². The number of carbonyl (C=O) groups is 1. The number of rotatable bonds is 5. The minimum absolute atomic E-state index is 0.0476. The molecule has 0 bridgehead atoms. The quantitative estimate of drug-likeness (QED) is 0.446. The summed E-state index contributed by atoms with van der Waals surface area (Å²) in [6, 6.07) is 6.04. The molecule has 1 unspecified atom stereocenters. The number of hydrogen-bond donors (Lipinski definition) is 0. The summed E-state index contributed by atoms with van der Waals surface area (Å²) in [5.41, 5.74) is 0.0522. The van der Waals surface area contributed by atoms with Crippen LogP contribution in [0, 0.1) is 10.1 Å². The number of carbonyl (C=O) groups excluding carboxylic acids is 1. The Morgan fingerprint density at radius 2 is 2.17 bits per heavy atom. The fourth-order valence-electron chi connectivity index (χ4n) is 2.00. The van der Waals surface area contributed by atoms with Crippen LogP contribution in [-0.2, 0) is 4.79 Å². The zero-order chi connectivity index (χ0) is 13.0. The van der Waals surface area contributed by atoms with Gasteiger partial charge in [0.1, 0.15) is 18.1 Å². The standard InChI is InChI=1S/C12H14N2O4/c15-8-7-13-6-5-12(9-13)18-11-3-1-10(2-4-11)14(16)17/h1-4,8,12H,5-7,9H2. The number of likely N-dealkylation sites (tertiary alicyclic amines) is 1. The molecular formula is C12H14N2O4. The number of hydrogen-bond acceptors (Lipinski definition) is 5. The van der Waals surface area contributed by atoms with E-state index in [1.54, 1.807) is 12.1 Å².